The molecule has 0 saturated heterocycles. The Hall–Kier alpha value is -0.930. The second-order valence-corrected chi connectivity index (χ2v) is 6.31. The Morgan fingerprint density at radius 1 is 1.53 bits per heavy atom. The molecule has 0 saturated carbocycles. The third kappa shape index (κ3) is 4.84. The lowest BCUT2D eigenvalue weighted by molar-refractivity contribution is -0.380. The molecule has 7 nitrogen and oxygen atoms in total. The second kappa shape index (κ2) is 6.12. The predicted octanol–water partition coefficient (Wildman–Crippen LogP) is 1.81. The van der Waals surface area contributed by atoms with Crippen LogP contribution in [-0.4, -0.2) is 30.0 Å². The molecule has 0 aromatic carbocycles. The summed E-state index contributed by atoms with van der Waals surface area (Å²) in [5, 5.41) is 10.2. The van der Waals surface area contributed by atoms with Crippen LogP contribution in [0.25, 0.3) is 0 Å². The number of nitro groups is 1. The van der Waals surface area contributed by atoms with Gasteiger partial charge in [0.05, 0.1) is 10.7 Å². The van der Waals surface area contributed by atoms with Crippen molar-refractivity contribution in [1.29, 1.82) is 0 Å². The van der Waals surface area contributed by atoms with E-state index in [-0.39, 0.29) is 15.9 Å². The van der Waals surface area contributed by atoms with Gasteiger partial charge in [0.2, 0.25) is 15.2 Å². The van der Waals surface area contributed by atoms with Crippen molar-refractivity contribution in [3.8, 4) is 0 Å². The van der Waals surface area contributed by atoms with Gasteiger partial charge in [0, 0.05) is 5.88 Å². The minimum Gasteiger partial charge on any atom is -0.258 e. The van der Waals surface area contributed by atoms with Crippen LogP contribution in [0.5, 0.6) is 0 Å². The van der Waals surface area contributed by atoms with Gasteiger partial charge in [-0.25, -0.2) is 13.4 Å². The Morgan fingerprint density at radius 3 is 2.76 bits per heavy atom. The number of halogens is 1. The van der Waals surface area contributed by atoms with Gasteiger partial charge < -0.3 is 0 Å². The van der Waals surface area contributed by atoms with Crippen LogP contribution in [0.3, 0.4) is 0 Å². The summed E-state index contributed by atoms with van der Waals surface area (Å²) < 4.78 is 25.2. The van der Waals surface area contributed by atoms with E-state index < -0.39 is 14.9 Å². The fraction of sp³-hybridized carbons (Fsp3) is 0.571. The van der Waals surface area contributed by atoms with Crippen molar-refractivity contribution in [3.05, 3.63) is 16.3 Å². The van der Waals surface area contributed by atoms with Crippen molar-refractivity contribution < 1.29 is 13.3 Å². The molecule has 0 atom stereocenters. The summed E-state index contributed by atoms with van der Waals surface area (Å²) in [5.74, 6) is 0.325. The monoisotopic (exact) mass is 299 g/mol. The van der Waals surface area contributed by atoms with E-state index >= 15 is 0 Å². The van der Waals surface area contributed by atoms with Gasteiger partial charge in [-0.15, -0.1) is 11.6 Å². The number of aromatic nitrogens is 1. The smallest absolute Gasteiger partial charge is 0.258 e. The van der Waals surface area contributed by atoms with Gasteiger partial charge in [-0.2, -0.15) is 0 Å². The molecular weight excluding hydrogens is 290 g/mol. The third-order valence-corrected chi connectivity index (χ3v) is 4.30. The molecule has 0 bridgehead atoms. The Labute approximate surface area is 107 Å². The van der Waals surface area contributed by atoms with Crippen LogP contribution in [0.1, 0.15) is 12.8 Å². The number of anilines is 1. The SMILES string of the molecule is O=[N+]([O-])c1cnc(NS(=O)(=O)CCCCCl)s1. The van der Waals surface area contributed by atoms with E-state index in [4.69, 9.17) is 11.6 Å². The maximum atomic E-state index is 11.5. The molecule has 0 aliphatic carbocycles. The number of rotatable bonds is 7. The summed E-state index contributed by atoms with van der Waals surface area (Å²) in [6.45, 7) is 0. The highest BCUT2D eigenvalue weighted by Gasteiger charge is 2.16. The van der Waals surface area contributed by atoms with Crippen LogP contribution in [-0.2, 0) is 10.0 Å². The molecular formula is C7H10ClN3O4S2. The second-order valence-electron chi connectivity index (χ2n) is 3.08. The van der Waals surface area contributed by atoms with Gasteiger partial charge >= 0.3 is 5.00 Å². The molecule has 0 fully saturated rings. The Balaban J connectivity index is 2.60. The maximum Gasteiger partial charge on any atom is 0.345 e. The molecule has 1 aromatic heterocycles. The minimum atomic E-state index is -3.50. The summed E-state index contributed by atoms with van der Waals surface area (Å²) >= 11 is 6.11. The van der Waals surface area contributed by atoms with Gasteiger partial charge in [-0.3, -0.25) is 14.8 Å². The number of sulfonamides is 1. The van der Waals surface area contributed by atoms with E-state index in [1.165, 1.54) is 0 Å². The molecule has 0 radical (unpaired) electrons. The number of thiazole rings is 1. The Bertz CT molecular complexity index is 487. The molecule has 0 aliphatic heterocycles. The zero-order valence-electron chi connectivity index (χ0n) is 8.63. The summed E-state index contributed by atoms with van der Waals surface area (Å²) in [7, 11) is -3.50. The first-order valence-corrected chi connectivity index (χ1v) is 7.61. The highest BCUT2D eigenvalue weighted by molar-refractivity contribution is 7.92. The molecule has 17 heavy (non-hydrogen) atoms. The highest BCUT2D eigenvalue weighted by atomic mass is 35.5. The van der Waals surface area contributed by atoms with Crippen molar-refractivity contribution in [2.24, 2.45) is 0 Å². The van der Waals surface area contributed by atoms with Gasteiger partial charge in [-0.05, 0) is 24.2 Å². The molecule has 0 unspecified atom stereocenters. The van der Waals surface area contributed by atoms with E-state index in [2.05, 4.69) is 9.71 Å². The molecule has 1 rings (SSSR count). The zero-order chi connectivity index (χ0) is 12.9. The number of nitrogens with zero attached hydrogens (tertiary/aromatic N) is 2. The molecule has 1 heterocycles. The van der Waals surface area contributed by atoms with E-state index in [9.17, 15) is 18.5 Å². The van der Waals surface area contributed by atoms with Crippen LogP contribution in [0, 0.1) is 10.1 Å². The summed E-state index contributed by atoms with van der Waals surface area (Å²) in [5.41, 5.74) is 0. The lowest BCUT2D eigenvalue weighted by Crippen LogP contribution is -2.16. The summed E-state index contributed by atoms with van der Waals surface area (Å²) in [6, 6.07) is 0. The van der Waals surface area contributed by atoms with Crippen molar-refractivity contribution >= 4 is 43.1 Å². The lowest BCUT2D eigenvalue weighted by Gasteiger charge is -2.03. The fourth-order valence-electron chi connectivity index (χ4n) is 0.968. The van der Waals surface area contributed by atoms with Crippen molar-refractivity contribution in [3.63, 3.8) is 0 Å². The Kier molecular flexibility index (Phi) is 5.09. The lowest BCUT2D eigenvalue weighted by atomic mass is 10.4. The third-order valence-electron chi connectivity index (χ3n) is 1.71. The van der Waals surface area contributed by atoms with Crippen LogP contribution in [0.4, 0.5) is 10.1 Å². The van der Waals surface area contributed by atoms with E-state index in [0.29, 0.717) is 30.1 Å². The van der Waals surface area contributed by atoms with Crippen LogP contribution >= 0.6 is 22.9 Å². The van der Waals surface area contributed by atoms with Gasteiger partial charge in [-0.1, -0.05) is 0 Å². The van der Waals surface area contributed by atoms with Crippen LogP contribution < -0.4 is 4.72 Å². The molecule has 96 valence electrons. The molecule has 1 aromatic rings. The predicted molar refractivity (Wildman–Crippen MR) is 66.1 cm³/mol. The number of unbranched alkanes of at least 4 members (excludes halogenated alkanes) is 1. The fourth-order valence-corrected chi connectivity index (χ4v) is 3.19. The number of nitrogens with one attached hydrogen (secondary N) is 1. The first-order valence-electron chi connectivity index (χ1n) is 4.61. The van der Waals surface area contributed by atoms with Crippen molar-refractivity contribution in [1.82, 2.24) is 4.98 Å². The summed E-state index contributed by atoms with van der Waals surface area (Å²) in [6.07, 6.45) is 2.05. The first kappa shape index (κ1) is 14.1. The molecule has 0 aliphatic rings. The number of hydrogen-bond donors (Lipinski definition) is 1. The van der Waals surface area contributed by atoms with E-state index in [1.807, 2.05) is 0 Å². The minimum absolute atomic E-state index is 0.00238. The van der Waals surface area contributed by atoms with Crippen LogP contribution in [0.2, 0.25) is 0 Å². The highest BCUT2D eigenvalue weighted by Crippen LogP contribution is 2.25. The van der Waals surface area contributed by atoms with Crippen molar-refractivity contribution in [2.45, 2.75) is 12.8 Å². The first-order chi connectivity index (χ1) is 7.94. The number of alkyl halides is 1. The van der Waals surface area contributed by atoms with E-state index in [1.54, 1.807) is 0 Å². The molecule has 1 N–H and O–H groups in total. The van der Waals surface area contributed by atoms with E-state index in [0.717, 1.165) is 6.20 Å². The normalized spacial score (nSPS) is 11.4. The van der Waals surface area contributed by atoms with Gasteiger partial charge in [0.1, 0.15) is 6.20 Å². The number of hydrogen-bond acceptors (Lipinski definition) is 6. The van der Waals surface area contributed by atoms with Crippen molar-refractivity contribution in [2.75, 3.05) is 16.4 Å². The standard InChI is InChI=1S/C7H10ClN3O4S2/c8-3-1-2-4-17(14,15)10-7-9-5-6(16-7)11(12)13/h5H,1-4H2,(H,9,10). The average molecular weight is 300 g/mol. The quantitative estimate of drug-likeness (QED) is 0.358. The molecule has 0 amide bonds. The topological polar surface area (TPSA) is 102 Å². The molecule has 10 heteroatoms. The zero-order valence-corrected chi connectivity index (χ0v) is 11.0. The van der Waals surface area contributed by atoms with Gasteiger partial charge in [0.25, 0.3) is 0 Å². The Morgan fingerprint density at radius 2 is 2.24 bits per heavy atom. The largest absolute Gasteiger partial charge is 0.345 e. The molecule has 0 spiro atoms. The summed E-state index contributed by atoms with van der Waals surface area (Å²) in [4.78, 5) is 13.4. The maximum absolute atomic E-state index is 11.5. The van der Waals surface area contributed by atoms with Crippen LogP contribution in [0.15, 0.2) is 6.20 Å². The average Bonchev–Trinajstić information content (AvgIpc) is 2.65. The van der Waals surface area contributed by atoms with Gasteiger partial charge in [0.15, 0.2) is 0 Å².